The lowest BCUT2D eigenvalue weighted by Crippen LogP contribution is -2.40. The first kappa shape index (κ1) is 24.2. The second kappa shape index (κ2) is 9.05. The summed E-state index contributed by atoms with van der Waals surface area (Å²) in [5.41, 5.74) is -0.128. The van der Waals surface area contributed by atoms with Gasteiger partial charge in [-0.15, -0.1) is 0 Å². The molecule has 7 nitrogen and oxygen atoms in total. The van der Waals surface area contributed by atoms with Crippen molar-refractivity contribution < 1.29 is 31.3 Å². The Morgan fingerprint density at radius 3 is 2.65 bits per heavy atom. The van der Waals surface area contributed by atoms with Gasteiger partial charge in [0.25, 0.3) is 0 Å². The lowest BCUT2D eigenvalue weighted by Gasteiger charge is -2.28. The first-order valence-corrected chi connectivity index (χ1v) is 12.7. The van der Waals surface area contributed by atoms with Crippen LogP contribution >= 0.6 is 0 Å². The van der Waals surface area contributed by atoms with Crippen molar-refractivity contribution in [1.29, 1.82) is 4.78 Å². The van der Waals surface area contributed by atoms with E-state index in [0.717, 1.165) is 37.8 Å². The predicted octanol–water partition coefficient (Wildman–Crippen LogP) is 4.77. The fraction of sp³-hybridized carbons (Fsp3) is 0.455. The number of nitrogens with one attached hydrogen (secondary N) is 2. The molecule has 2 aliphatic rings. The monoisotopic (exact) mass is 500 g/mol. The predicted molar refractivity (Wildman–Crippen MR) is 118 cm³/mol. The number of hydrogen-bond acceptors (Lipinski definition) is 6. The summed E-state index contributed by atoms with van der Waals surface area (Å²) >= 11 is 0. The molecule has 0 radical (unpaired) electrons. The van der Waals surface area contributed by atoms with Gasteiger partial charge in [-0.3, -0.25) is 4.79 Å². The number of benzene rings is 1. The van der Waals surface area contributed by atoms with Crippen LogP contribution in [0.5, 0.6) is 5.75 Å². The van der Waals surface area contributed by atoms with Crippen molar-refractivity contribution in [1.82, 2.24) is 4.98 Å². The van der Waals surface area contributed by atoms with E-state index in [1.165, 1.54) is 29.5 Å². The molecule has 34 heavy (non-hydrogen) atoms. The Morgan fingerprint density at radius 2 is 2.00 bits per heavy atom. The lowest BCUT2D eigenvalue weighted by molar-refractivity contribution is -0.117. The molecule has 12 heteroatoms. The average molecular weight is 501 g/mol. The molecule has 0 bridgehead atoms. The van der Waals surface area contributed by atoms with Crippen LogP contribution < -0.4 is 15.0 Å². The Labute approximate surface area is 194 Å². The molecule has 4 rings (SSSR count). The first-order valence-electron chi connectivity index (χ1n) is 10.7. The molecule has 1 saturated heterocycles. The number of halogens is 4. The van der Waals surface area contributed by atoms with Crippen LogP contribution in [0.1, 0.15) is 32.1 Å². The third-order valence-electron chi connectivity index (χ3n) is 6.42. The van der Waals surface area contributed by atoms with Crippen LogP contribution in [0.15, 0.2) is 35.5 Å². The van der Waals surface area contributed by atoms with Gasteiger partial charge in [0.1, 0.15) is 11.1 Å². The number of aromatic nitrogens is 1. The maximum Gasteiger partial charge on any atom is 0.387 e. The molecular formula is C22H24F4N4O3S. The van der Waals surface area contributed by atoms with E-state index in [2.05, 4.69) is 15.0 Å². The molecule has 2 aromatic rings. The maximum atomic E-state index is 14.5. The number of amides is 1. The summed E-state index contributed by atoms with van der Waals surface area (Å²) in [5.74, 6) is -4.32. The molecule has 2 N–H and O–H groups in total. The molecule has 1 aliphatic heterocycles. The highest BCUT2D eigenvalue weighted by Crippen LogP contribution is 2.51. The standard InChI is InChI=1S/C22H24F4N4O3S/c1-34(27,32)17-10-13(6-9-28-17)29-20(31)16-11-22(7-2-3-8-22)12-30(16)15-5-4-14(23)18(24)19(15)33-21(25)26/h4-6,9-10,16,21,27H,2-3,7-8,11-12H2,1H3,(H,28,29,31)/t16-,34+/m0/s1. The number of pyridine rings is 1. The van der Waals surface area contributed by atoms with E-state index in [1.807, 2.05) is 0 Å². The summed E-state index contributed by atoms with van der Waals surface area (Å²) in [5, 5.41) is 2.70. The number of carbonyl (C=O) groups is 1. The van der Waals surface area contributed by atoms with E-state index < -0.39 is 45.7 Å². The lowest BCUT2D eigenvalue weighted by atomic mass is 9.84. The van der Waals surface area contributed by atoms with E-state index in [-0.39, 0.29) is 21.8 Å². The van der Waals surface area contributed by atoms with Gasteiger partial charge < -0.3 is 15.0 Å². The molecule has 1 amide bonds. The van der Waals surface area contributed by atoms with Crippen LogP contribution in [0.4, 0.5) is 28.9 Å². The molecule has 1 aromatic heterocycles. The number of alkyl halides is 2. The quantitative estimate of drug-likeness (QED) is 0.557. The Balaban J connectivity index is 1.70. The average Bonchev–Trinajstić information content (AvgIpc) is 3.38. The molecule has 184 valence electrons. The van der Waals surface area contributed by atoms with Crippen molar-refractivity contribution in [3.8, 4) is 5.75 Å². The summed E-state index contributed by atoms with van der Waals surface area (Å²) in [6.45, 7) is -3.08. The van der Waals surface area contributed by atoms with Gasteiger partial charge in [-0.2, -0.15) is 13.2 Å². The molecule has 0 unspecified atom stereocenters. The molecule has 1 spiro atoms. The topological polar surface area (TPSA) is 95.4 Å². The van der Waals surface area contributed by atoms with Crippen molar-refractivity contribution in [2.24, 2.45) is 5.41 Å². The number of carbonyl (C=O) groups excluding carboxylic acids is 1. The summed E-state index contributed by atoms with van der Waals surface area (Å²) in [4.78, 5) is 18.7. The minimum atomic E-state index is -3.38. The molecule has 1 aromatic carbocycles. The number of rotatable bonds is 6. The summed E-state index contributed by atoms with van der Waals surface area (Å²) in [6.07, 6.45) is 6.45. The summed E-state index contributed by atoms with van der Waals surface area (Å²) in [6, 6.07) is 3.89. The first-order chi connectivity index (χ1) is 16.0. The van der Waals surface area contributed by atoms with Gasteiger partial charge in [-0.25, -0.2) is 18.4 Å². The number of nitrogens with zero attached hydrogens (tertiary/aromatic N) is 2. The van der Waals surface area contributed by atoms with Gasteiger partial charge in [0.05, 0.1) is 15.4 Å². The van der Waals surface area contributed by atoms with Gasteiger partial charge in [-0.05, 0) is 48.9 Å². The van der Waals surface area contributed by atoms with E-state index >= 15 is 0 Å². The van der Waals surface area contributed by atoms with Crippen LogP contribution in [-0.2, 0) is 14.5 Å². The summed E-state index contributed by atoms with van der Waals surface area (Å²) in [7, 11) is -3.12. The van der Waals surface area contributed by atoms with Crippen LogP contribution in [0, 0.1) is 21.8 Å². The van der Waals surface area contributed by atoms with Gasteiger partial charge in [0.2, 0.25) is 11.7 Å². The minimum absolute atomic E-state index is 0.00549. The second-order valence-corrected chi connectivity index (χ2v) is 11.0. The Hall–Kier alpha value is -2.89. The maximum absolute atomic E-state index is 14.5. The van der Waals surface area contributed by atoms with Crippen molar-refractivity contribution in [3.63, 3.8) is 0 Å². The van der Waals surface area contributed by atoms with Crippen LogP contribution in [0.3, 0.4) is 0 Å². The fourth-order valence-electron chi connectivity index (χ4n) is 4.91. The van der Waals surface area contributed by atoms with Crippen molar-refractivity contribution >= 4 is 27.0 Å². The van der Waals surface area contributed by atoms with Crippen LogP contribution in [-0.4, -0.2) is 40.6 Å². The van der Waals surface area contributed by atoms with Gasteiger partial charge in [-0.1, -0.05) is 12.8 Å². The Morgan fingerprint density at radius 1 is 1.29 bits per heavy atom. The number of hydrogen-bond donors (Lipinski definition) is 2. The van der Waals surface area contributed by atoms with Crippen LogP contribution in [0.25, 0.3) is 0 Å². The highest BCUT2D eigenvalue weighted by Gasteiger charge is 2.49. The highest BCUT2D eigenvalue weighted by atomic mass is 32.2. The number of ether oxygens (including phenoxy) is 1. The molecular weight excluding hydrogens is 476 g/mol. The third-order valence-corrected chi connectivity index (χ3v) is 7.44. The zero-order valence-electron chi connectivity index (χ0n) is 18.3. The van der Waals surface area contributed by atoms with E-state index in [4.69, 9.17) is 4.78 Å². The molecule has 2 heterocycles. The molecule has 2 atom stereocenters. The van der Waals surface area contributed by atoms with Gasteiger partial charge in [0, 0.05) is 24.7 Å². The van der Waals surface area contributed by atoms with Crippen molar-refractivity contribution in [2.75, 3.05) is 23.0 Å². The Bertz CT molecular complexity index is 1200. The van der Waals surface area contributed by atoms with Gasteiger partial charge >= 0.3 is 6.61 Å². The smallest absolute Gasteiger partial charge is 0.387 e. The zero-order chi connectivity index (χ0) is 24.7. The largest absolute Gasteiger partial charge is 0.429 e. The van der Waals surface area contributed by atoms with E-state index in [0.29, 0.717) is 13.0 Å². The SMILES string of the molecule is C[S@@](=N)(=O)c1cc(NC(=O)[C@@H]2CC3(CCCC3)CN2c2ccc(F)c(F)c2OC(F)F)ccn1. The molecule has 2 fully saturated rings. The Kier molecular flexibility index (Phi) is 6.45. The van der Waals surface area contributed by atoms with Crippen molar-refractivity contribution in [2.45, 2.75) is 49.8 Å². The fourth-order valence-corrected chi connectivity index (χ4v) is 5.52. The van der Waals surface area contributed by atoms with Crippen molar-refractivity contribution in [3.05, 3.63) is 42.1 Å². The highest BCUT2D eigenvalue weighted by molar-refractivity contribution is 7.91. The van der Waals surface area contributed by atoms with Gasteiger partial charge in [0.15, 0.2) is 11.6 Å². The third kappa shape index (κ3) is 4.82. The molecule has 1 aliphatic carbocycles. The van der Waals surface area contributed by atoms with E-state index in [1.54, 1.807) is 0 Å². The summed E-state index contributed by atoms with van der Waals surface area (Å²) < 4.78 is 78.4. The minimum Gasteiger partial charge on any atom is -0.429 e. The number of anilines is 2. The second-order valence-electron chi connectivity index (χ2n) is 8.86. The normalized spacial score (nSPS) is 21.1. The van der Waals surface area contributed by atoms with E-state index in [9.17, 15) is 26.6 Å². The zero-order valence-corrected chi connectivity index (χ0v) is 19.1. The van der Waals surface area contributed by atoms with Crippen LogP contribution in [0.2, 0.25) is 0 Å². The molecule has 1 saturated carbocycles.